The summed E-state index contributed by atoms with van der Waals surface area (Å²) in [4.78, 5) is 0. The number of nitrogens with zero attached hydrogens (tertiary/aromatic N) is 2. The van der Waals surface area contributed by atoms with Crippen LogP contribution in [0.15, 0.2) is 30.6 Å². The summed E-state index contributed by atoms with van der Waals surface area (Å²) in [7, 11) is 7.13. The minimum Gasteiger partial charge on any atom is -0.497 e. The molecule has 2 aromatic rings. The molecule has 19 heavy (non-hydrogen) atoms. The molecular weight excluding hydrogens is 242 g/mol. The van der Waals surface area contributed by atoms with Crippen LogP contribution in [-0.4, -0.2) is 31.0 Å². The number of benzene rings is 1. The third-order valence-corrected chi connectivity index (χ3v) is 3.05. The summed E-state index contributed by atoms with van der Waals surface area (Å²) in [5, 5.41) is 7.50. The number of aryl methyl sites for hydroxylation is 1. The Morgan fingerprint density at radius 2 is 1.74 bits per heavy atom. The lowest BCUT2D eigenvalue weighted by atomic mass is 10.0. The first-order valence-electron chi connectivity index (χ1n) is 6.06. The van der Waals surface area contributed by atoms with Crippen molar-refractivity contribution in [3.8, 4) is 11.5 Å². The normalized spacial score (nSPS) is 12.2. The quantitative estimate of drug-likeness (QED) is 0.890. The van der Waals surface area contributed by atoms with Gasteiger partial charge in [-0.2, -0.15) is 5.10 Å². The van der Waals surface area contributed by atoms with Crippen LogP contribution in [-0.2, 0) is 7.05 Å². The van der Waals surface area contributed by atoms with Gasteiger partial charge in [-0.05, 0) is 24.7 Å². The highest BCUT2D eigenvalue weighted by Gasteiger charge is 2.15. The third-order valence-electron chi connectivity index (χ3n) is 3.05. The maximum Gasteiger partial charge on any atom is 0.122 e. The average molecular weight is 261 g/mol. The van der Waals surface area contributed by atoms with E-state index in [2.05, 4.69) is 10.4 Å². The molecule has 0 bridgehead atoms. The van der Waals surface area contributed by atoms with Gasteiger partial charge in [0.2, 0.25) is 0 Å². The van der Waals surface area contributed by atoms with Gasteiger partial charge in [-0.1, -0.05) is 0 Å². The van der Waals surface area contributed by atoms with Gasteiger partial charge >= 0.3 is 0 Å². The van der Waals surface area contributed by atoms with Crippen molar-refractivity contribution >= 4 is 0 Å². The first-order valence-corrected chi connectivity index (χ1v) is 6.06. The zero-order chi connectivity index (χ0) is 13.8. The molecule has 0 saturated carbocycles. The molecule has 2 rings (SSSR count). The van der Waals surface area contributed by atoms with Crippen molar-refractivity contribution in [2.45, 2.75) is 6.04 Å². The molecular formula is C14H19N3O2. The Morgan fingerprint density at radius 3 is 2.16 bits per heavy atom. The lowest BCUT2D eigenvalue weighted by Gasteiger charge is -2.17. The Balaban J connectivity index is 2.42. The van der Waals surface area contributed by atoms with Crippen molar-refractivity contribution in [2.75, 3.05) is 21.3 Å². The van der Waals surface area contributed by atoms with Gasteiger partial charge in [0.1, 0.15) is 11.5 Å². The monoisotopic (exact) mass is 261 g/mol. The van der Waals surface area contributed by atoms with Crippen LogP contribution < -0.4 is 14.8 Å². The van der Waals surface area contributed by atoms with Crippen LogP contribution in [0.4, 0.5) is 0 Å². The van der Waals surface area contributed by atoms with Gasteiger partial charge in [0.15, 0.2) is 0 Å². The second kappa shape index (κ2) is 5.75. The first-order chi connectivity index (χ1) is 9.17. The van der Waals surface area contributed by atoms with E-state index in [0.29, 0.717) is 0 Å². The number of hydrogen-bond donors (Lipinski definition) is 1. The van der Waals surface area contributed by atoms with E-state index in [-0.39, 0.29) is 6.04 Å². The third kappa shape index (κ3) is 2.88. The van der Waals surface area contributed by atoms with Crippen molar-refractivity contribution in [2.24, 2.45) is 7.05 Å². The molecule has 0 saturated heterocycles. The molecule has 0 radical (unpaired) electrons. The van der Waals surface area contributed by atoms with Crippen LogP contribution >= 0.6 is 0 Å². The second-order valence-corrected chi connectivity index (χ2v) is 4.32. The Labute approximate surface area is 113 Å². The highest BCUT2D eigenvalue weighted by molar-refractivity contribution is 5.42. The van der Waals surface area contributed by atoms with Crippen LogP contribution in [0.5, 0.6) is 11.5 Å². The van der Waals surface area contributed by atoms with E-state index in [1.165, 1.54) is 0 Å². The SMILES string of the molecule is CNC(c1cc(OC)cc(OC)c1)c1cnn(C)c1. The van der Waals surface area contributed by atoms with E-state index < -0.39 is 0 Å². The molecule has 1 aromatic heterocycles. The van der Waals surface area contributed by atoms with Crippen molar-refractivity contribution < 1.29 is 9.47 Å². The Bertz CT molecular complexity index is 529. The molecule has 5 heteroatoms. The maximum atomic E-state index is 5.30. The fourth-order valence-electron chi connectivity index (χ4n) is 2.11. The van der Waals surface area contributed by atoms with E-state index in [0.717, 1.165) is 22.6 Å². The van der Waals surface area contributed by atoms with E-state index in [4.69, 9.17) is 9.47 Å². The molecule has 1 atom stereocenters. The zero-order valence-corrected chi connectivity index (χ0v) is 11.7. The van der Waals surface area contributed by atoms with Crippen LogP contribution in [0.2, 0.25) is 0 Å². The van der Waals surface area contributed by atoms with Gasteiger partial charge in [-0.25, -0.2) is 0 Å². The summed E-state index contributed by atoms with van der Waals surface area (Å²) in [5.74, 6) is 1.55. The first kappa shape index (κ1) is 13.4. The van der Waals surface area contributed by atoms with Crippen molar-refractivity contribution in [3.05, 3.63) is 41.7 Å². The summed E-state index contributed by atoms with van der Waals surface area (Å²) in [6.45, 7) is 0. The minimum atomic E-state index is 0.0534. The lowest BCUT2D eigenvalue weighted by Crippen LogP contribution is -2.17. The molecule has 1 aromatic carbocycles. The minimum absolute atomic E-state index is 0.0534. The van der Waals surface area contributed by atoms with Gasteiger partial charge in [-0.3, -0.25) is 4.68 Å². The molecule has 102 valence electrons. The summed E-state index contributed by atoms with van der Waals surface area (Å²) in [5.41, 5.74) is 2.17. The number of aromatic nitrogens is 2. The van der Waals surface area contributed by atoms with Crippen molar-refractivity contribution in [1.29, 1.82) is 0 Å². The van der Waals surface area contributed by atoms with Crippen LogP contribution in [0.3, 0.4) is 0 Å². The highest BCUT2D eigenvalue weighted by atomic mass is 16.5. The fraction of sp³-hybridized carbons (Fsp3) is 0.357. The highest BCUT2D eigenvalue weighted by Crippen LogP contribution is 2.29. The van der Waals surface area contributed by atoms with Crippen molar-refractivity contribution in [3.63, 3.8) is 0 Å². The topological polar surface area (TPSA) is 48.3 Å². The summed E-state index contributed by atoms with van der Waals surface area (Å²) < 4.78 is 12.4. The molecule has 1 N–H and O–H groups in total. The molecule has 0 aliphatic rings. The fourth-order valence-corrected chi connectivity index (χ4v) is 2.11. The number of rotatable bonds is 5. The molecule has 0 spiro atoms. The number of methoxy groups -OCH3 is 2. The maximum absolute atomic E-state index is 5.30. The number of ether oxygens (including phenoxy) is 2. The predicted molar refractivity (Wildman–Crippen MR) is 73.7 cm³/mol. The number of hydrogen-bond acceptors (Lipinski definition) is 4. The van der Waals surface area contributed by atoms with Gasteiger partial charge in [0.05, 0.1) is 26.5 Å². The summed E-state index contributed by atoms with van der Waals surface area (Å²) in [6.07, 6.45) is 3.85. The van der Waals surface area contributed by atoms with Gasteiger partial charge in [0.25, 0.3) is 0 Å². The van der Waals surface area contributed by atoms with E-state index in [9.17, 15) is 0 Å². The predicted octanol–water partition coefficient (Wildman–Crippen LogP) is 1.75. The molecule has 0 amide bonds. The number of nitrogens with one attached hydrogen (secondary N) is 1. The Morgan fingerprint density at radius 1 is 1.11 bits per heavy atom. The smallest absolute Gasteiger partial charge is 0.122 e. The van der Waals surface area contributed by atoms with Crippen molar-refractivity contribution in [1.82, 2.24) is 15.1 Å². The van der Waals surface area contributed by atoms with E-state index >= 15 is 0 Å². The zero-order valence-electron chi connectivity index (χ0n) is 11.7. The molecule has 5 nitrogen and oxygen atoms in total. The Kier molecular flexibility index (Phi) is 4.06. The largest absolute Gasteiger partial charge is 0.497 e. The van der Waals surface area contributed by atoms with Crippen LogP contribution in [0.1, 0.15) is 17.2 Å². The Hall–Kier alpha value is -2.01. The summed E-state index contributed by atoms with van der Waals surface area (Å²) in [6, 6.07) is 5.91. The average Bonchev–Trinajstić information content (AvgIpc) is 2.85. The summed E-state index contributed by atoms with van der Waals surface area (Å²) >= 11 is 0. The molecule has 1 heterocycles. The molecule has 0 aliphatic heterocycles. The molecule has 0 aliphatic carbocycles. The van der Waals surface area contributed by atoms with Gasteiger partial charge < -0.3 is 14.8 Å². The molecule has 0 fully saturated rings. The van der Waals surface area contributed by atoms with Crippen LogP contribution in [0, 0.1) is 0 Å². The second-order valence-electron chi connectivity index (χ2n) is 4.32. The lowest BCUT2D eigenvalue weighted by molar-refractivity contribution is 0.392. The van der Waals surface area contributed by atoms with Gasteiger partial charge in [0, 0.05) is 24.9 Å². The van der Waals surface area contributed by atoms with E-state index in [1.807, 2.05) is 44.7 Å². The van der Waals surface area contributed by atoms with E-state index in [1.54, 1.807) is 18.9 Å². The standard InChI is InChI=1S/C14H19N3O2/c1-15-14(11-8-16-17(2)9-11)10-5-12(18-3)7-13(6-10)19-4/h5-9,14-15H,1-4H3. The van der Waals surface area contributed by atoms with Crippen LogP contribution in [0.25, 0.3) is 0 Å². The molecule has 1 unspecified atom stereocenters. The van der Waals surface area contributed by atoms with Gasteiger partial charge in [-0.15, -0.1) is 0 Å².